The van der Waals surface area contributed by atoms with Gasteiger partial charge in [0.2, 0.25) is 0 Å². The molecule has 1 nitrogen and oxygen atoms in total. The zero-order chi connectivity index (χ0) is 36.7. The lowest BCUT2D eigenvalue weighted by molar-refractivity contribution is 0.669. The Morgan fingerprint density at radius 1 is 0.311 bits per heavy atom. The van der Waals surface area contributed by atoms with Crippen molar-refractivity contribution >= 4 is 43.5 Å². The van der Waals surface area contributed by atoms with Gasteiger partial charge < -0.3 is 4.42 Å². The lowest BCUT2D eigenvalue weighted by Gasteiger charge is -2.18. The molecule has 0 fully saturated rings. The molecule has 0 amide bonds. The Kier molecular flexibility index (Phi) is 4.30. The summed E-state index contributed by atoms with van der Waals surface area (Å²) in [6, 6.07) is 35.3. The van der Waals surface area contributed by atoms with Crippen molar-refractivity contribution in [2.24, 2.45) is 0 Å². The first-order chi connectivity index (χ1) is 25.7. The van der Waals surface area contributed by atoms with Crippen LogP contribution in [0.15, 0.2) is 174 Å². The minimum atomic E-state index is -0.197. The van der Waals surface area contributed by atoms with Crippen LogP contribution in [0, 0.1) is 0 Å². The lowest BCUT2D eigenvalue weighted by atomic mass is 9.85. The van der Waals surface area contributed by atoms with Gasteiger partial charge in [-0.05, 0) is 84.3 Å². The number of hydrogen-bond acceptors (Lipinski definition) is 1. The van der Waals surface area contributed by atoms with Crippen molar-refractivity contribution in [2.45, 2.75) is 0 Å². The van der Waals surface area contributed by atoms with Gasteiger partial charge in [0.25, 0.3) is 0 Å². The number of benzene rings is 8. The molecular weight excluding hydrogens is 544 g/mol. The van der Waals surface area contributed by atoms with E-state index < -0.39 is 0 Å². The number of rotatable bonds is 4. The van der Waals surface area contributed by atoms with Gasteiger partial charge >= 0.3 is 0 Å². The van der Waals surface area contributed by atoms with Gasteiger partial charge in [0.05, 0.1) is 11.0 Å². The van der Waals surface area contributed by atoms with E-state index in [-0.39, 0.29) is 70.6 Å². The van der Waals surface area contributed by atoms with Crippen LogP contribution in [0.25, 0.3) is 88.0 Å². The van der Waals surface area contributed by atoms with Crippen LogP contribution in [0.3, 0.4) is 0 Å². The van der Waals surface area contributed by atoms with Gasteiger partial charge in [-0.1, -0.05) is 151 Å². The molecule has 0 radical (unpaired) electrons. The van der Waals surface area contributed by atoms with Crippen molar-refractivity contribution in [1.29, 1.82) is 0 Å². The smallest absolute Gasteiger partial charge is 0.135 e. The molecule has 9 rings (SSSR count). The van der Waals surface area contributed by atoms with Crippen LogP contribution < -0.4 is 0 Å². The minimum absolute atomic E-state index is 0.136. The second-order valence-corrected chi connectivity index (χ2v) is 11.0. The molecule has 1 heteroatoms. The zero-order valence-corrected chi connectivity index (χ0v) is 24.0. The van der Waals surface area contributed by atoms with E-state index in [1.54, 1.807) is 36.4 Å². The predicted octanol–water partition coefficient (Wildman–Crippen LogP) is 12.6. The molecule has 0 unspecified atom stereocenters. The van der Waals surface area contributed by atoms with E-state index in [1.807, 2.05) is 84.9 Å². The monoisotopic (exact) mass is 580 g/mol. The molecule has 0 saturated heterocycles. The van der Waals surface area contributed by atoms with Crippen LogP contribution in [0.2, 0.25) is 0 Å². The van der Waals surface area contributed by atoms with E-state index in [1.165, 1.54) is 0 Å². The molecule has 0 bridgehead atoms. The minimum Gasteiger partial charge on any atom is -0.456 e. The maximum Gasteiger partial charge on any atom is 0.135 e. The molecule has 8 aromatic carbocycles. The number of para-hydroxylation sites is 1. The largest absolute Gasteiger partial charge is 0.456 e. The van der Waals surface area contributed by atoms with Crippen molar-refractivity contribution in [1.82, 2.24) is 0 Å². The SMILES string of the molecule is [2H]c1c([2H])c(-c2c3ccccc3c(-c3c([2H])c([2H])c(-c4ccc5oc6ccccc6c5c4)c([2H])c3[2H])c3ccccc23)c([2H])c([2H])c1-c1ccccc1. The van der Waals surface area contributed by atoms with Crippen LogP contribution in [-0.4, -0.2) is 0 Å². The van der Waals surface area contributed by atoms with Gasteiger partial charge in [0.15, 0.2) is 0 Å². The Labute approximate surface area is 272 Å². The van der Waals surface area contributed by atoms with Crippen molar-refractivity contribution in [2.75, 3.05) is 0 Å². The molecule has 0 saturated carbocycles. The van der Waals surface area contributed by atoms with E-state index in [0.29, 0.717) is 49.4 Å². The first-order valence-electron chi connectivity index (χ1n) is 18.8. The fourth-order valence-electron chi connectivity index (χ4n) is 6.32. The summed E-state index contributed by atoms with van der Waals surface area (Å²) in [5, 5.41) is 4.12. The third-order valence-corrected chi connectivity index (χ3v) is 8.41. The Morgan fingerprint density at radius 2 is 0.733 bits per heavy atom. The highest BCUT2D eigenvalue weighted by molar-refractivity contribution is 6.21. The number of hydrogen-bond donors (Lipinski definition) is 0. The Balaban J connectivity index is 1.32. The summed E-state index contributed by atoms with van der Waals surface area (Å²) in [4.78, 5) is 0. The van der Waals surface area contributed by atoms with Crippen molar-refractivity contribution < 1.29 is 15.4 Å². The van der Waals surface area contributed by atoms with Gasteiger partial charge in [-0.2, -0.15) is 0 Å². The number of fused-ring (bicyclic) bond motifs is 5. The average molecular weight is 581 g/mol. The van der Waals surface area contributed by atoms with Crippen LogP contribution in [0.4, 0.5) is 0 Å². The zero-order valence-electron chi connectivity index (χ0n) is 32.0. The molecule has 9 aromatic rings. The Bertz CT molecular complexity index is 2870. The van der Waals surface area contributed by atoms with Crippen LogP contribution in [-0.2, 0) is 0 Å². The van der Waals surface area contributed by atoms with Gasteiger partial charge in [-0.3, -0.25) is 0 Å². The van der Waals surface area contributed by atoms with Gasteiger partial charge in [0.1, 0.15) is 11.2 Å². The molecule has 0 N–H and O–H groups in total. The quantitative estimate of drug-likeness (QED) is 0.189. The maximum atomic E-state index is 9.40. The summed E-state index contributed by atoms with van der Waals surface area (Å²) >= 11 is 0. The molecule has 0 aliphatic rings. The summed E-state index contributed by atoms with van der Waals surface area (Å²) in [6.45, 7) is 0. The van der Waals surface area contributed by atoms with Crippen molar-refractivity contribution in [3.05, 3.63) is 170 Å². The topological polar surface area (TPSA) is 13.1 Å². The van der Waals surface area contributed by atoms with Crippen LogP contribution >= 0.6 is 0 Å². The first-order valence-corrected chi connectivity index (χ1v) is 14.8. The van der Waals surface area contributed by atoms with E-state index in [2.05, 4.69) is 0 Å². The highest BCUT2D eigenvalue weighted by atomic mass is 16.3. The summed E-state index contributed by atoms with van der Waals surface area (Å²) in [5.41, 5.74) is 4.20. The normalized spacial score (nSPS) is 14.0. The highest BCUT2D eigenvalue weighted by Gasteiger charge is 2.17. The summed E-state index contributed by atoms with van der Waals surface area (Å²) in [5.74, 6) is 0. The average Bonchev–Trinajstić information content (AvgIpc) is 3.56. The van der Waals surface area contributed by atoms with E-state index in [9.17, 15) is 8.22 Å². The van der Waals surface area contributed by atoms with E-state index in [0.717, 1.165) is 16.4 Å². The number of furan rings is 1. The molecule has 0 aliphatic heterocycles. The highest BCUT2D eigenvalue weighted by Crippen LogP contribution is 2.44. The molecule has 0 atom stereocenters. The first kappa shape index (κ1) is 18.7. The lowest BCUT2D eigenvalue weighted by Crippen LogP contribution is -1.91. The van der Waals surface area contributed by atoms with E-state index >= 15 is 0 Å². The predicted molar refractivity (Wildman–Crippen MR) is 190 cm³/mol. The molecule has 45 heavy (non-hydrogen) atoms. The summed E-state index contributed by atoms with van der Waals surface area (Å²) in [6.07, 6.45) is 0. The van der Waals surface area contributed by atoms with E-state index in [4.69, 9.17) is 7.16 Å². The van der Waals surface area contributed by atoms with Crippen molar-refractivity contribution in [3.63, 3.8) is 0 Å². The van der Waals surface area contributed by atoms with Crippen LogP contribution in [0.5, 0.6) is 0 Å². The molecule has 1 aromatic heterocycles. The van der Waals surface area contributed by atoms with Crippen molar-refractivity contribution in [3.8, 4) is 44.5 Å². The maximum absolute atomic E-state index is 9.40. The Morgan fingerprint density at radius 3 is 1.29 bits per heavy atom. The van der Waals surface area contributed by atoms with Gasteiger partial charge in [-0.15, -0.1) is 0 Å². The molecule has 0 aliphatic carbocycles. The van der Waals surface area contributed by atoms with Gasteiger partial charge in [-0.25, -0.2) is 0 Å². The molecular formula is C44H28O. The Hall–Kier alpha value is -5.92. The standard InChI is InChI=1S/C44H28O/c1-2-10-29(11-3-1)30-18-22-32(23-19-30)43-36-13-4-6-15-38(36)44(39-16-7-5-14-37(39)43)33-24-20-31(21-25-33)34-26-27-42-40(28-34)35-12-8-9-17-41(35)45-42/h1-28H/i18D,19D,20D,21D,22D,23D,24D,25D. The fraction of sp³-hybridized carbons (Fsp3) is 0. The second-order valence-electron chi connectivity index (χ2n) is 11.0. The summed E-state index contributed by atoms with van der Waals surface area (Å²) < 4.78 is 79.9. The van der Waals surface area contributed by atoms with Crippen LogP contribution in [0.1, 0.15) is 11.0 Å². The third kappa shape index (κ3) is 4.24. The third-order valence-electron chi connectivity index (χ3n) is 8.41. The molecule has 210 valence electrons. The molecule has 0 spiro atoms. The summed E-state index contributed by atoms with van der Waals surface area (Å²) in [7, 11) is 0. The second kappa shape index (κ2) is 10.4. The fourth-order valence-corrected chi connectivity index (χ4v) is 6.32. The molecule has 1 heterocycles. The van der Waals surface area contributed by atoms with Gasteiger partial charge in [0, 0.05) is 10.8 Å².